The lowest BCUT2D eigenvalue weighted by molar-refractivity contribution is -0.137. The largest absolute Gasteiger partial charge is 0.481 e. The lowest BCUT2D eigenvalue weighted by Gasteiger charge is -2.25. The number of benzene rings is 1. The smallest absolute Gasteiger partial charge is 0.349 e. The molecule has 0 bridgehead atoms. The van der Waals surface area contributed by atoms with E-state index in [0.29, 0.717) is 17.5 Å². The van der Waals surface area contributed by atoms with Gasteiger partial charge in [-0.2, -0.15) is 4.98 Å². The van der Waals surface area contributed by atoms with E-state index in [-0.39, 0.29) is 18.1 Å². The van der Waals surface area contributed by atoms with Crippen LogP contribution in [0, 0.1) is 13.8 Å². The van der Waals surface area contributed by atoms with Crippen LogP contribution in [0.3, 0.4) is 0 Å². The molecule has 12 nitrogen and oxygen atoms in total. The maximum absolute atomic E-state index is 12.2. The van der Waals surface area contributed by atoms with Gasteiger partial charge in [0, 0.05) is 6.42 Å². The maximum Gasteiger partial charge on any atom is 0.349 e. The van der Waals surface area contributed by atoms with Crippen LogP contribution in [0.15, 0.2) is 21.7 Å². The number of rotatable bonds is 21. The molecule has 0 amide bonds. The third kappa shape index (κ3) is 13.8. The van der Waals surface area contributed by atoms with E-state index in [0.717, 1.165) is 24.0 Å². The summed E-state index contributed by atoms with van der Waals surface area (Å²) in [4.78, 5) is 44.3. The molecule has 2 aliphatic heterocycles. The minimum Gasteiger partial charge on any atom is -0.481 e. The quantitative estimate of drug-likeness (QED) is 0.0693. The molecule has 0 unspecified atom stereocenters. The van der Waals surface area contributed by atoms with E-state index in [1.54, 1.807) is 12.1 Å². The molecule has 6 N–H and O–H groups in total. The van der Waals surface area contributed by atoms with Crippen molar-refractivity contribution in [1.82, 2.24) is 19.5 Å². The fourth-order valence-electron chi connectivity index (χ4n) is 5.54. The Kier molecular flexibility index (Phi) is 18.4. The van der Waals surface area contributed by atoms with E-state index < -0.39 is 42.1 Å². The van der Waals surface area contributed by atoms with E-state index in [2.05, 4.69) is 21.9 Å². The Bertz CT molecular complexity index is 1440. The number of aryl methyl sites for hydroxylation is 2. The van der Waals surface area contributed by atoms with Crippen LogP contribution in [0.25, 0.3) is 22.6 Å². The number of carboxylic acid groups (broad SMARTS) is 1. The van der Waals surface area contributed by atoms with Gasteiger partial charge in [0.15, 0.2) is 11.5 Å². The zero-order valence-electron chi connectivity index (χ0n) is 28.4. The van der Waals surface area contributed by atoms with Crippen LogP contribution in [0.5, 0.6) is 0 Å². The van der Waals surface area contributed by atoms with Gasteiger partial charge in [0.25, 0.3) is 5.56 Å². The maximum atomic E-state index is 12.2. The van der Waals surface area contributed by atoms with Gasteiger partial charge in [-0.15, -0.1) is 0 Å². The molecular formula is C35H56N4O8. The van der Waals surface area contributed by atoms with Crippen molar-refractivity contribution in [2.24, 2.45) is 0 Å². The van der Waals surface area contributed by atoms with Crippen LogP contribution in [-0.2, 0) is 11.3 Å². The summed E-state index contributed by atoms with van der Waals surface area (Å²) >= 11 is 0. The highest BCUT2D eigenvalue weighted by Gasteiger charge is 2.27. The third-order valence-electron chi connectivity index (χ3n) is 8.56. The Morgan fingerprint density at radius 2 is 1.30 bits per heavy atom. The standard InChI is InChI=1S/C18H36O2.C17H20N4O6/c1-2-3-4-5-6-7-8-9-10-11-12-13-14-15-16-17-18(19)20;1-7-3-9-10(4-8(7)2)21(5-11(23)14(25)12(24)6-22)15-13(18-9)16(26)20-17(27)19-15/h2-17H2,1H3,(H,19,20);3-4,11-12,14,22-25H,5-6H2,1-2H3,(H,20,26,27)/t;11-,12+,14-/m.0/s1. The van der Waals surface area contributed by atoms with Crippen LogP contribution in [0.4, 0.5) is 0 Å². The highest BCUT2D eigenvalue weighted by Crippen LogP contribution is 2.24. The first kappa shape index (κ1) is 40.0. The fraction of sp³-hybridized carbons (Fsp3) is 0.686. The zero-order chi connectivity index (χ0) is 34.8. The van der Waals surface area contributed by atoms with Crippen LogP contribution in [0.2, 0.25) is 0 Å². The molecular weight excluding hydrogens is 604 g/mol. The number of H-pyrrole nitrogens is 1. The molecule has 0 saturated heterocycles. The van der Waals surface area contributed by atoms with Gasteiger partial charge in [-0.3, -0.25) is 14.6 Å². The molecule has 3 atom stereocenters. The summed E-state index contributed by atoms with van der Waals surface area (Å²) in [5.41, 5.74) is 1.11. The average molecular weight is 661 g/mol. The van der Waals surface area contributed by atoms with Crippen molar-refractivity contribution in [3.05, 3.63) is 44.1 Å². The lowest BCUT2D eigenvalue weighted by atomic mass is 10.0. The molecule has 2 heterocycles. The Balaban J connectivity index is 0.000000345. The molecule has 264 valence electrons. The molecule has 0 aliphatic carbocycles. The van der Waals surface area contributed by atoms with Crippen molar-refractivity contribution >= 4 is 17.0 Å². The number of fused-ring (bicyclic) bond motifs is 2. The summed E-state index contributed by atoms with van der Waals surface area (Å²) < 4.78 is 1.40. The highest BCUT2D eigenvalue weighted by molar-refractivity contribution is 5.81. The lowest BCUT2D eigenvalue weighted by Crippen LogP contribution is -2.42. The second-order valence-electron chi connectivity index (χ2n) is 12.6. The Labute approximate surface area is 277 Å². The van der Waals surface area contributed by atoms with E-state index >= 15 is 0 Å². The number of aliphatic hydroxyl groups excluding tert-OH is 4. The number of nitrogens with zero attached hydrogens (tertiary/aromatic N) is 3. The summed E-state index contributed by atoms with van der Waals surface area (Å²) in [6, 6.07) is 3.53. The second kappa shape index (κ2) is 21.6. The number of aliphatic carboxylic acids is 1. The summed E-state index contributed by atoms with van der Waals surface area (Å²) in [5, 5.41) is 47.3. The first-order valence-electron chi connectivity index (χ1n) is 17.3. The third-order valence-corrected chi connectivity index (χ3v) is 8.56. The van der Waals surface area contributed by atoms with Crippen molar-refractivity contribution in [3.8, 4) is 11.5 Å². The van der Waals surface area contributed by atoms with Crippen molar-refractivity contribution in [2.45, 2.75) is 148 Å². The van der Waals surface area contributed by atoms with E-state index in [9.17, 15) is 29.7 Å². The topological polar surface area (TPSA) is 199 Å². The monoisotopic (exact) mass is 660 g/mol. The molecule has 0 fully saturated rings. The summed E-state index contributed by atoms with van der Waals surface area (Å²) in [5.74, 6) is -0.705. The number of hydrogen-bond donors (Lipinski definition) is 6. The molecule has 1 aromatic carbocycles. The van der Waals surface area contributed by atoms with Gasteiger partial charge in [0.1, 0.15) is 18.3 Å². The molecule has 3 rings (SSSR count). The number of aliphatic hydroxyl groups is 4. The highest BCUT2D eigenvalue weighted by atomic mass is 16.4. The SMILES string of the molecule is CCCCCCCCCCCCCCCCCC(=O)O.Cc1cc2nc3c(=O)[nH]c(=O)nc-3n(C[C@H](O)[C@H](O)[C@H](O)CO)c2cc1C. The summed E-state index contributed by atoms with van der Waals surface area (Å²) in [6.45, 7) is 5.00. The first-order valence-corrected chi connectivity index (χ1v) is 17.3. The van der Waals surface area contributed by atoms with Crippen molar-refractivity contribution < 1.29 is 30.3 Å². The molecule has 47 heavy (non-hydrogen) atoms. The second-order valence-corrected chi connectivity index (χ2v) is 12.6. The van der Waals surface area contributed by atoms with Gasteiger partial charge in [0.2, 0.25) is 0 Å². The van der Waals surface area contributed by atoms with Crippen LogP contribution in [-0.4, -0.2) is 75.9 Å². The molecule has 0 saturated carbocycles. The number of carboxylic acids is 1. The predicted octanol–water partition coefficient (Wildman–Crippen LogP) is 4.61. The van der Waals surface area contributed by atoms with Crippen LogP contribution >= 0.6 is 0 Å². The van der Waals surface area contributed by atoms with Gasteiger partial charge in [-0.25, -0.2) is 9.78 Å². The van der Waals surface area contributed by atoms with Gasteiger partial charge >= 0.3 is 11.7 Å². The Hall–Kier alpha value is -3.19. The first-order chi connectivity index (χ1) is 22.5. The van der Waals surface area contributed by atoms with Gasteiger partial charge < -0.3 is 30.1 Å². The van der Waals surface area contributed by atoms with Crippen LogP contribution < -0.4 is 11.2 Å². The number of hydrogen-bond acceptors (Lipinski definition) is 9. The fourth-order valence-corrected chi connectivity index (χ4v) is 5.54. The molecule has 0 aromatic heterocycles. The predicted molar refractivity (Wildman–Crippen MR) is 183 cm³/mol. The molecule has 0 radical (unpaired) electrons. The van der Waals surface area contributed by atoms with Crippen molar-refractivity contribution in [1.29, 1.82) is 0 Å². The number of unbranched alkanes of at least 4 members (excludes halogenated alkanes) is 14. The number of aromatic amines is 1. The van der Waals surface area contributed by atoms with Gasteiger partial charge in [-0.05, 0) is 43.5 Å². The molecule has 0 spiro atoms. The Morgan fingerprint density at radius 3 is 1.81 bits per heavy atom. The number of nitrogens with one attached hydrogen (secondary N) is 1. The Morgan fingerprint density at radius 1 is 0.787 bits per heavy atom. The minimum absolute atomic E-state index is 0.0516. The number of carbonyl (C=O) groups is 1. The summed E-state index contributed by atoms with van der Waals surface area (Å²) in [7, 11) is 0. The van der Waals surface area contributed by atoms with Gasteiger partial charge in [0.05, 0.1) is 24.2 Å². The summed E-state index contributed by atoms with van der Waals surface area (Å²) in [6.07, 6.45) is 15.5. The average Bonchev–Trinajstić information content (AvgIpc) is 3.03. The van der Waals surface area contributed by atoms with Crippen molar-refractivity contribution in [3.63, 3.8) is 0 Å². The van der Waals surface area contributed by atoms with E-state index in [1.807, 2.05) is 13.8 Å². The van der Waals surface area contributed by atoms with E-state index in [1.165, 1.54) is 88.0 Å². The molecule has 2 aliphatic rings. The van der Waals surface area contributed by atoms with Crippen molar-refractivity contribution in [2.75, 3.05) is 6.61 Å². The van der Waals surface area contributed by atoms with E-state index in [4.69, 9.17) is 10.2 Å². The zero-order valence-corrected chi connectivity index (χ0v) is 28.4. The van der Waals surface area contributed by atoms with Crippen LogP contribution in [0.1, 0.15) is 121 Å². The normalized spacial score (nSPS) is 13.3. The van der Waals surface area contributed by atoms with Gasteiger partial charge in [-0.1, -0.05) is 96.8 Å². The molecule has 12 heteroatoms. The minimum atomic E-state index is -1.64. The number of aromatic nitrogens is 4. The molecule has 1 aromatic rings.